The summed E-state index contributed by atoms with van der Waals surface area (Å²) >= 11 is 0. The summed E-state index contributed by atoms with van der Waals surface area (Å²) in [6.07, 6.45) is 8.03. The van der Waals surface area contributed by atoms with E-state index in [1.54, 1.807) is 12.1 Å². The van der Waals surface area contributed by atoms with E-state index in [9.17, 15) is 0 Å². The topological polar surface area (TPSA) is 53.2 Å². The molecule has 0 amide bonds. The molecule has 0 bridgehead atoms. The fourth-order valence-electron chi connectivity index (χ4n) is 1.91. The van der Waals surface area contributed by atoms with Gasteiger partial charge in [0.1, 0.15) is 5.75 Å². The molecule has 0 spiro atoms. The number of benzene rings is 1. The van der Waals surface area contributed by atoms with E-state index in [-0.39, 0.29) is 0 Å². The second-order valence-corrected chi connectivity index (χ2v) is 4.68. The first kappa shape index (κ1) is 15.5. The fraction of sp³-hybridized carbons (Fsp3) is 0.562. The molecule has 0 aliphatic rings. The third-order valence-corrected chi connectivity index (χ3v) is 3.05. The summed E-state index contributed by atoms with van der Waals surface area (Å²) in [5.74, 6) is 0.835. The Morgan fingerprint density at radius 2 is 1.47 bits per heavy atom. The molecule has 1 N–H and O–H groups in total. The van der Waals surface area contributed by atoms with Crippen molar-refractivity contribution in [3.05, 3.63) is 29.8 Å². The predicted octanol–water partition coefficient (Wildman–Crippen LogP) is 3.66. The highest BCUT2D eigenvalue weighted by Gasteiger charge is 1.95. The average molecular weight is 261 g/mol. The van der Waals surface area contributed by atoms with Crippen LogP contribution in [-0.4, -0.2) is 18.3 Å². The lowest BCUT2D eigenvalue weighted by molar-refractivity contribution is 0.281. The highest BCUT2D eigenvalue weighted by molar-refractivity contribution is 5.34. The summed E-state index contributed by atoms with van der Waals surface area (Å²) in [6.45, 7) is 1.06. The van der Waals surface area contributed by atoms with Gasteiger partial charge in [-0.3, -0.25) is 0 Å². The number of nitrogens with zero attached hydrogens (tertiary/aromatic N) is 1. The summed E-state index contributed by atoms with van der Waals surface area (Å²) in [4.78, 5) is 0. The van der Waals surface area contributed by atoms with Gasteiger partial charge in [-0.1, -0.05) is 32.1 Å². The van der Waals surface area contributed by atoms with E-state index in [2.05, 4.69) is 6.07 Å². The van der Waals surface area contributed by atoms with Crippen LogP contribution < -0.4 is 4.74 Å². The van der Waals surface area contributed by atoms with Crippen LogP contribution in [0.4, 0.5) is 0 Å². The summed E-state index contributed by atoms with van der Waals surface area (Å²) < 4.78 is 5.61. The second kappa shape index (κ2) is 10.4. The Hall–Kier alpha value is -1.53. The Kier molecular flexibility index (Phi) is 8.50. The molecule has 0 aromatic heterocycles. The van der Waals surface area contributed by atoms with Gasteiger partial charge in [0.2, 0.25) is 0 Å². The molecule has 0 fully saturated rings. The molecule has 0 unspecified atom stereocenters. The Morgan fingerprint density at radius 3 is 2.05 bits per heavy atom. The average Bonchev–Trinajstić information content (AvgIpc) is 2.46. The van der Waals surface area contributed by atoms with Crippen LogP contribution in [0.1, 0.15) is 50.5 Å². The number of aliphatic hydroxyl groups is 1. The molecule has 1 aromatic carbocycles. The van der Waals surface area contributed by atoms with Gasteiger partial charge in [0.25, 0.3) is 0 Å². The van der Waals surface area contributed by atoms with E-state index >= 15 is 0 Å². The quantitative estimate of drug-likeness (QED) is 0.654. The first-order valence-electron chi connectivity index (χ1n) is 7.10. The number of aliphatic hydroxyl groups excluding tert-OH is 1. The van der Waals surface area contributed by atoms with Gasteiger partial charge >= 0.3 is 0 Å². The third-order valence-electron chi connectivity index (χ3n) is 3.05. The van der Waals surface area contributed by atoms with Crippen LogP contribution in [0.25, 0.3) is 0 Å². The van der Waals surface area contributed by atoms with Crippen LogP contribution in [0.2, 0.25) is 0 Å². The van der Waals surface area contributed by atoms with Crippen molar-refractivity contribution < 1.29 is 9.84 Å². The lowest BCUT2D eigenvalue weighted by Crippen LogP contribution is -1.97. The van der Waals surface area contributed by atoms with E-state index in [1.165, 1.54) is 25.7 Å². The SMILES string of the molecule is N#Cc1ccc(OCCCCCCCCCO)cc1. The smallest absolute Gasteiger partial charge is 0.119 e. The molecular weight excluding hydrogens is 238 g/mol. The number of nitriles is 1. The Balaban J connectivity index is 1.97. The molecule has 0 radical (unpaired) electrons. The van der Waals surface area contributed by atoms with Gasteiger partial charge in [-0.15, -0.1) is 0 Å². The van der Waals surface area contributed by atoms with Gasteiger partial charge < -0.3 is 9.84 Å². The zero-order valence-electron chi connectivity index (χ0n) is 11.5. The number of ether oxygens (including phenoxy) is 1. The maximum Gasteiger partial charge on any atom is 0.119 e. The Morgan fingerprint density at radius 1 is 0.895 bits per heavy atom. The highest BCUT2D eigenvalue weighted by atomic mass is 16.5. The summed E-state index contributed by atoms with van der Waals surface area (Å²) in [7, 11) is 0. The van der Waals surface area contributed by atoms with E-state index in [0.29, 0.717) is 12.2 Å². The largest absolute Gasteiger partial charge is 0.494 e. The second-order valence-electron chi connectivity index (χ2n) is 4.68. The van der Waals surface area contributed by atoms with Crippen molar-refractivity contribution >= 4 is 0 Å². The molecule has 0 saturated heterocycles. The number of unbranched alkanes of at least 4 members (excludes halogenated alkanes) is 6. The standard InChI is InChI=1S/C16H23NO2/c17-14-15-8-10-16(11-9-15)19-13-7-5-3-1-2-4-6-12-18/h8-11,18H,1-7,12-13H2. The molecule has 0 aliphatic carbocycles. The fourth-order valence-corrected chi connectivity index (χ4v) is 1.91. The van der Waals surface area contributed by atoms with Gasteiger partial charge in [0.15, 0.2) is 0 Å². The van der Waals surface area contributed by atoms with Crippen LogP contribution in [-0.2, 0) is 0 Å². The molecule has 19 heavy (non-hydrogen) atoms. The van der Waals surface area contributed by atoms with Gasteiger partial charge in [-0.2, -0.15) is 5.26 Å². The van der Waals surface area contributed by atoms with E-state index in [0.717, 1.165) is 31.6 Å². The summed E-state index contributed by atoms with van der Waals surface area (Å²) in [5, 5.41) is 17.3. The van der Waals surface area contributed by atoms with Crippen LogP contribution in [0, 0.1) is 11.3 Å². The zero-order chi connectivity index (χ0) is 13.8. The van der Waals surface area contributed by atoms with Crippen molar-refractivity contribution in [2.45, 2.75) is 44.9 Å². The molecule has 1 aromatic rings. The first-order chi connectivity index (χ1) is 9.36. The first-order valence-corrected chi connectivity index (χ1v) is 7.10. The van der Waals surface area contributed by atoms with E-state index in [4.69, 9.17) is 15.1 Å². The molecule has 3 heteroatoms. The monoisotopic (exact) mass is 261 g/mol. The molecule has 3 nitrogen and oxygen atoms in total. The normalized spacial score (nSPS) is 10.1. The van der Waals surface area contributed by atoms with Crippen LogP contribution >= 0.6 is 0 Å². The van der Waals surface area contributed by atoms with Crippen molar-refractivity contribution in [3.63, 3.8) is 0 Å². The maximum absolute atomic E-state index is 8.67. The van der Waals surface area contributed by atoms with Gasteiger partial charge in [0.05, 0.1) is 18.2 Å². The molecule has 1 rings (SSSR count). The van der Waals surface area contributed by atoms with Crippen molar-refractivity contribution in [1.82, 2.24) is 0 Å². The van der Waals surface area contributed by atoms with Crippen LogP contribution in [0.5, 0.6) is 5.75 Å². The minimum atomic E-state index is 0.318. The maximum atomic E-state index is 8.67. The van der Waals surface area contributed by atoms with Crippen molar-refractivity contribution in [1.29, 1.82) is 5.26 Å². The molecule has 0 saturated carbocycles. The number of rotatable bonds is 10. The predicted molar refractivity (Wildman–Crippen MR) is 76.1 cm³/mol. The molecule has 104 valence electrons. The van der Waals surface area contributed by atoms with Crippen molar-refractivity contribution in [3.8, 4) is 11.8 Å². The minimum absolute atomic E-state index is 0.318. The molecule has 0 heterocycles. The minimum Gasteiger partial charge on any atom is -0.494 e. The van der Waals surface area contributed by atoms with Crippen LogP contribution in [0.3, 0.4) is 0 Å². The lowest BCUT2D eigenvalue weighted by Gasteiger charge is -2.06. The molecule has 0 aliphatic heterocycles. The van der Waals surface area contributed by atoms with Crippen molar-refractivity contribution in [2.24, 2.45) is 0 Å². The van der Waals surface area contributed by atoms with Crippen LogP contribution in [0.15, 0.2) is 24.3 Å². The van der Waals surface area contributed by atoms with Crippen molar-refractivity contribution in [2.75, 3.05) is 13.2 Å². The van der Waals surface area contributed by atoms with E-state index in [1.807, 2.05) is 12.1 Å². The van der Waals surface area contributed by atoms with E-state index < -0.39 is 0 Å². The van der Waals surface area contributed by atoms with Gasteiger partial charge in [-0.05, 0) is 37.1 Å². The van der Waals surface area contributed by atoms with Gasteiger partial charge in [-0.25, -0.2) is 0 Å². The third kappa shape index (κ3) is 7.48. The number of hydrogen-bond acceptors (Lipinski definition) is 3. The Bertz CT molecular complexity index is 367. The zero-order valence-corrected chi connectivity index (χ0v) is 11.5. The number of hydrogen-bond donors (Lipinski definition) is 1. The highest BCUT2D eigenvalue weighted by Crippen LogP contribution is 2.13. The Labute approximate surface area is 115 Å². The molecule has 0 atom stereocenters. The summed E-state index contributed by atoms with van der Waals surface area (Å²) in [6, 6.07) is 9.32. The summed E-state index contributed by atoms with van der Waals surface area (Å²) in [5.41, 5.74) is 0.662. The molecular formula is C16H23NO2. The van der Waals surface area contributed by atoms with Gasteiger partial charge in [0, 0.05) is 6.61 Å². The lowest BCUT2D eigenvalue weighted by atomic mass is 10.1.